The molecule has 1 amide bonds. The molecule has 1 aliphatic rings. The molecule has 6 heteroatoms. The van der Waals surface area contributed by atoms with E-state index in [9.17, 15) is 4.79 Å². The molecule has 1 N–H and O–H groups in total. The molecule has 0 spiro atoms. The maximum atomic E-state index is 12.2. The lowest BCUT2D eigenvalue weighted by molar-refractivity contribution is -0.131. The molecule has 0 bridgehead atoms. The fourth-order valence-corrected chi connectivity index (χ4v) is 2.92. The Morgan fingerprint density at radius 3 is 2.50 bits per heavy atom. The minimum Gasteiger partial charge on any atom is -0.492 e. The highest BCUT2D eigenvalue weighted by Crippen LogP contribution is 2.18. The second kappa shape index (κ2) is 10.7. The zero-order valence-electron chi connectivity index (χ0n) is 16.3. The number of ether oxygens (including phenoxy) is 3. The van der Waals surface area contributed by atoms with Crippen molar-refractivity contribution in [2.24, 2.45) is 0 Å². The molecule has 2 aromatic rings. The third kappa shape index (κ3) is 6.55. The molecule has 6 nitrogen and oxygen atoms in total. The topological polar surface area (TPSA) is 60.0 Å². The second-order valence-corrected chi connectivity index (χ2v) is 6.84. The highest BCUT2D eigenvalue weighted by molar-refractivity contribution is 5.76. The first kappa shape index (κ1) is 20.2. The van der Waals surface area contributed by atoms with E-state index >= 15 is 0 Å². The maximum Gasteiger partial charge on any atom is 0.224 e. The highest BCUT2D eigenvalue weighted by Gasteiger charge is 2.19. The zero-order chi connectivity index (χ0) is 19.6. The van der Waals surface area contributed by atoms with Crippen molar-refractivity contribution >= 4 is 5.91 Å². The van der Waals surface area contributed by atoms with Crippen LogP contribution in [0.5, 0.6) is 11.5 Å². The Hall–Kier alpha value is -2.57. The smallest absolute Gasteiger partial charge is 0.224 e. The van der Waals surface area contributed by atoms with Crippen LogP contribution in [0.25, 0.3) is 0 Å². The van der Waals surface area contributed by atoms with E-state index in [4.69, 9.17) is 14.2 Å². The Bertz CT molecular complexity index is 715. The summed E-state index contributed by atoms with van der Waals surface area (Å²) in [7, 11) is 1.80. The molecule has 0 saturated carbocycles. The van der Waals surface area contributed by atoms with Gasteiger partial charge < -0.3 is 24.4 Å². The lowest BCUT2D eigenvalue weighted by Gasteiger charge is -2.25. The number of nitrogens with one attached hydrogen (secondary N) is 1. The number of carbonyl (C=O) groups excluding carboxylic acids is 1. The predicted molar refractivity (Wildman–Crippen MR) is 108 cm³/mol. The van der Waals surface area contributed by atoms with Crippen molar-refractivity contribution in [2.75, 3.05) is 40.0 Å². The second-order valence-electron chi connectivity index (χ2n) is 6.84. The highest BCUT2D eigenvalue weighted by atomic mass is 16.5. The first-order valence-electron chi connectivity index (χ1n) is 9.65. The molecule has 0 aliphatic carbocycles. The minimum atomic E-state index is 0.0938. The van der Waals surface area contributed by atoms with Gasteiger partial charge in [-0.3, -0.25) is 4.79 Å². The van der Waals surface area contributed by atoms with Crippen molar-refractivity contribution in [2.45, 2.75) is 19.1 Å². The monoisotopic (exact) mass is 384 g/mol. The Labute approximate surface area is 166 Å². The maximum absolute atomic E-state index is 12.2. The molecule has 3 rings (SSSR count). The van der Waals surface area contributed by atoms with Crippen molar-refractivity contribution in [3.8, 4) is 11.5 Å². The average Bonchev–Trinajstić information content (AvgIpc) is 2.74. The van der Waals surface area contributed by atoms with Crippen LogP contribution in [-0.4, -0.2) is 56.8 Å². The van der Waals surface area contributed by atoms with Crippen LogP contribution in [0, 0.1) is 0 Å². The molecule has 1 aliphatic heterocycles. The zero-order valence-corrected chi connectivity index (χ0v) is 16.3. The van der Waals surface area contributed by atoms with Gasteiger partial charge in [0.15, 0.2) is 0 Å². The molecule has 1 atom stereocenters. The van der Waals surface area contributed by atoms with Gasteiger partial charge in [0.25, 0.3) is 0 Å². The number of nitrogens with zero attached hydrogens (tertiary/aromatic N) is 1. The summed E-state index contributed by atoms with van der Waals surface area (Å²) in [4.78, 5) is 13.9. The number of morpholine rings is 1. The van der Waals surface area contributed by atoms with Gasteiger partial charge in [0.05, 0.1) is 19.8 Å². The average molecular weight is 384 g/mol. The van der Waals surface area contributed by atoms with Crippen molar-refractivity contribution < 1.29 is 19.0 Å². The van der Waals surface area contributed by atoms with Crippen LogP contribution < -0.4 is 14.8 Å². The lowest BCUT2D eigenvalue weighted by atomic mass is 10.2. The van der Waals surface area contributed by atoms with Gasteiger partial charge in [0.2, 0.25) is 5.91 Å². The predicted octanol–water partition coefficient (Wildman–Crippen LogP) is 2.48. The van der Waals surface area contributed by atoms with Crippen LogP contribution in [0.15, 0.2) is 54.6 Å². The standard InChI is InChI=1S/C22H28N2O4/c1-24(22(25)15-19-17-26-13-11-23-19)12-14-27-20-7-9-21(10-8-20)28-16-18-5-3-2-4-6-18/h2-10,19,23H,11-17H2,1H3. The van der Waals surface area contributed by atoms with Gasteiger partial charge in [-0.1, -0.05) is 30.3 Å². The van der Waals surface area contributed by atoms with Gasteiger partial charge in [0.1, 0.15) is 24.7 Å². The van der Waals surface area contributed by atoms with Crippen molar-refractivity contribution in [3.05, 3.63) is 60.2 Å². The van der Waals surface area contributed by atoms with Crippen LogP contribution in [0.1, 0.15) is 12.0 Å². The fourth-order valence-electron chi connectivity index (χ4n) is 2.92. The SMILES string of the molecule is CN(CCOc1ccc(OCc2ccccc2)cc1)C(=O)CC1COCCN1. The third-order valence-electron chi connectivity index (χ3n) is 4.61. The Morgan fingerprint density at radius 1 is 1.11 bits per heavy atom. The number of carbonyl (C=O) groups is 1. The Balaban J connectivity index is 1.35. The summed E-state index contributed by atoms with van der Waals surface area (Å²) < 4.78 is 16.9. The number of hydrogen-bond donors (Lipinski definition) is 1. The number of rotatable bonds is 9. The van der Waals surface area contributed by atoms with Gasteiger partial charge in [0, 0.05) is 26.1 Å². The van der Waals surface area contributed by atoms with Crippen LogP contribution in [-0.2, 0) is 16.1 Å². The molecule has 1 heterocycles. The Kier molecular flexibility index (Phi) is 7.70. The molecule has 2 aromatic carbocycles. The molecule has 28 heavy (non-hydrogen) atoms. The number of likely N-dealkylation sites (N-methyl/N-ethyl adjacent to an activating group) is 1. The van der Waals surface area contributed by atoms with Crippen molar-refractivity contribution in [3.63, 3.8) is 0 Å². The largest absolute Gasteiger partial charge is 0.492 e. The summed E-state index contributed by atoms with van der Waals surface area (Å²) in [5.74, 6) is 1.65. The quantitative estimate of drug-likeness (QED) is 0.720. The van der Waals surface area contributed by atoms with E-state index in [-0.39, 0.29) is 11.9 Å². The van der Waals surface area contributed by atoms with Gasteiger partial charge in [-0.15, -0.1) is 0 Å². The normalized spacial score (nSPS) is 16.4. The van der Waals surface area contributed by atoms with Crippen LogP contribution in [0.3, 0.4) is 0 Å². The number of benzene rings is 2. The van der Waals surface area contributed by atoms with Gasteiger partial charge >= 0.3 is 0 Å². The van der Waals surface area contributed by atoms with E-state index < -0.39 is 0 Å². The lowest BCUT2D eigenvalue weighted by Crippen LogP contribution is -2.45. The summed E-state index contributed by atoms with van der Waals surface area (Å²) in [6, 6.07) is 17.7. The van der Waals surface area contributed by atoms with E-state index in [1.165, 1.54) is 0 Å². The molecule has 1 fully saturated rings. The summed E-state index contributed by atoms with van der Waals surface area (Å²) >= 11 is 0. The van der Waals surface area contributed by atoms with E-state index in [1.54, 1.807) is 11.9 Å². The van der Waals surface area contributed by atoms with E-state index in [1.807, 2.05) is 54.6 Å². The summed E-state index contributed by atoms with van der Waals surface area (Å²) in [6.45, 7) is 3.63. The Morgan fingerprint density at radius 2 is 1.82 bits per heavy atom. The summed E-state index contributed by atoms with van der Waals surface area (Å²) in [6.07, 6.45) is 0.448. The molecular formula is C22H28N2O4. The summed E-state index contributed by atoms with van der Waals surface area (Å²) in [5.41, 5.74) is 1.13. The van der Waals surface area contributed by atoms with E-state index in [0.717, 1.165) is 23.6 Å². The molecular weight excluding hydrogens is 356 g/mol. The van der Waals surface area contributed by atoms with Crippen molar-refractivity contribution in [1.29, 1.82) is 0 Å². The van der Waals surface area contributed by atoms with Crippen LogP contribution in [0.2, 0.25) is 0 Å². The van der Waals surface area contributed by atoms with Crippen molar-refractivity contribution in [1.82, 2.24) is 10.2 Å². The third-order valence-corrected chi connectivity index (χ3v) is 4.61. The van der Waals surface area contributed by atoms with Gasteiger partial charge in [-0.2, -0.15) is 0 Å². The van der Waals surface area contributed by atoms with Crippen LogP contribution >= 0.6 is 0 Å². The molecule has 1 saturated heterocycles. The molecule has 0 radical (unpaired) electrons. The molecule has 0 aromatic heterocycles. The van der Waals surface area contributed by atoms with Crippen LogP contribution in [0.4, 0.5) is 0 Å². The minimum absolute atomic E-state index is 0.0938. The molecule has 150 valence electrons. The fraction of sp³-hybridized carbons (Fsp3) is 0.409. The first-order chi connectivity index (χ1) is 13.7. The molecule has 1 unspecified atom stereocenters. The number of amides is 1. The van der Waals surface area contributed by atoms with Gasteiger partial charge in [-0.05, 0) is 29.8 Å². The first-order valence-corrected chi connectivity index (χ1v) is 9.65. The van der Waals surface area contributed by atoms with Gasteiger partial charge in [-0.25, -0.2) is 0 Å². The summed E-state index contributed by atoms with van der Waals surface area (Å²) in [5, 5.41) is 3.30. The van der Waals surface area contributed by atoms with E-state index in [2.05, 4.69) is 5.32 Å². The van der Waals surface area contributed by atoms with E-state index in [0.29, 0.717) is 39.4 Å². The number of hydrogen-bond acceptors (Lipinski definition) is 5.